The number of carboxylic acids is 1. The number of nitrogens with zero attached hydrogens (tertiary/aromatic N) is 1. The predicted octanol–water partition coefficient (Wildman–Crippen LogP) is 4.64. The van der Waals surface area contributed by atoms with E-state index in [1.54, 1.807) is 14.0 Å². The first-order chi connectivity index (χ1) is 11.3. The maximum Gasteiger partial charge on any atom is 0.339 e. The van der Waals surface area contributed by atoms with Gasteiger partial charge in [-0.15, -0.1) is 11.3 Å². The van der Waals surface area contributed by atoms with Crippen molar-refractivity contribution in [2.75, 3.05) is 7.05 Å². The lowest BCUT2D eigenvalue weighted by Gasteiger charge is -2.15. The lowest BCUT2D eigenvalue weighted by molar-refractivity contribution is -0.130. The highest BCUT2D eigenvalue weighted by Gasteiger charge is 2.17. The van der Waals surface area contributed by atoms with Gasteiger partial charge >= 0.3 is 5.97 Å². The Bertz CT molecular complexity index is 753. The van der Waals surface area contributed by atoms with Gasteiger partial charge in [-0.3, -0.25) is 4.79 Å². The predicted molar refractivity (Wildman–Crippen MR) is 94.2 cm³/mol. The van der Waals surface area contributed by atoms with E-state index >= 15 is 0 Å². The molecule has 0 bridgehead atoms. The van der Waals surface area contributed by atoms with Crippen LogP contribution in [0.2, 0.25) is 8.67 Å². The number of aromatic carboxylic acids is 1. The van der Waals surface area contributed by atoms with Crippen LogP contribution in [0.3, 0.4) is 0 Å². The van der Waals surface area contributed by atoms with Crippen LogP contribution in [0.1, 0.15) is 40.3 Å². The molecule has 130 valence electrons. The van der Waals surface area contributed by atoms with Crippen LogP contribution in [-0.2, 0) is 17.8 Å². The van der Waals surface area contributed by atoms with Crippen LogP contribution in [0.25, 0.3) is 0 Å². The van der Waals surface area contributed by atoms with Crippen LogP contribution >= 0.6 is 34.5 Å². The number of halogens is 2. The molecule has 0 spiro atoms. The molecule has 0 saturated heterocycles. The van der Waals surface area contributed by atoms with Gasteiger partial charge in [0.25, 0.3) is 0 Å². The van der Waals surface area contributed by atoms with Crippen LogP contribution in [-0.4, -0.2) is 28.9 Å². The third-order valence-corrected chi connectivity index (χ3v) is 5.15. The van der Waals surface area contributed by atoms with Gasteiger partial charge in [0.1, 0.15) is 17.1 Å². The zero-order valence-electron chi connectivity index (χ0n) is 13.3. The number of rotatable bonds is 7. The van der Waals surface area contributed by atoms with Crippen LogP contribution in [0.4, 0.5) is 0 Å². The molecule has 0 aliphatic heterocycles. The van der Waals surface area contributed by atoms with Gasteiger partial charge in [-0.25, -0.2) is 4.79 Å². The highest BCUT2D eigenvalue weighted by Crippen LogP contribution is 2.32. The molecule has 2 heterocycles. The fourth-order valence-corrected chi connectivity index (χ4v) is 3.87. The van der Waals surface area contributed by atoms with E-state index < -0.39 is 5.97 Å². The first-order valence-electron chi connectivity index (χ1n) is 7.28. The van der Waals surface area contributed by atoms with Gasteiger partial charge in [-0.1, -0.05) is 23.2 Å². The number of amides is 1. The minimum absolute atomic E-state index is 0.0432. The normalized spacial score (nSPS) is 10.8. The Hall–Kier alpha value is -1.50. The molecular formula is C16H17Cl2NO4S. The summed E-state index contributed by atoms with van der Waals surface area (Å²) in [6, 6.07) is 3.27. The van der Waals surface area contributed by atoms with Gasteiger partial charge in [0.2, 0.25) is 5.91 Å². The molecule has 2 rings (SSSR count). The van der Waals surface area contributed by atoms with Gasteiger partial charge in [0.15, 0.2) is 0 Å². The van der Waals surface area contributed by atoms with Crippen LogP contribution in [0.15, 0.2) is 16.5 Å². The molecule has 1 N–H and O–H groups in total. The van der Waals surface area contributed by atoms with Gasteiger partial charge in [-0.2, -0.15) is 0 Å². The van der Waals surface area contributed by atoms with Crippen molar-refractivity contribution < 1.29 is 19.1 Å². The van der Waals surface area contributed by atoms with Gasteiger partial charge in [0, 0.05) is 13.5 Å². The number of aryl methyl sites for hydroxylation is 2. The van der Waals surface area contributed by atoms with Gasteiger partial charge in [0.05, 0.1) is 15.2 Å². The molecule has 5 nitrogen and oxygen atoms in total. The highest BCUT2D eigenvalue weighted by molar-refractivity contribution is 7.20. The summed E-state index contributed by atoms with van der Waals surface area (Å²) in [5.74, 6) is -0.295. The fourth-order valence-electron chi connectivity index (χ4n) is 2.32. The minimum atomic E-state index is -1.04. The first-order valence-corrected chi connectivity index (χ1v) is 8.85. The molecule has 0 radical (unpaired) electrons. The topological polar surface area (TPSA) is 70.8 Å². The van der Waals surface area contributed by atoms with Crippen molar-refractivity contribution in [3.8, 4) is 0 Å². The zero-order valence-corrected chi connectivity index (χ0v) is 15.6. The van der Waals surface area contributed by atoms with Crippen LogP contribution in [0.5, 0.6) is 0 Å². The van der Waals surface area contributed by atoms with Crippen molar-refractivity contribution in [1.82, 2.24) is 4.90 Å². The van der Waals surface area contributed by atoms with E-state index in [0.29, 0.717) is 39.5 Å². The van der Waals surface area contributed by atoms with E-state index in [1.165, 1.54) is 22.3 Å². The molecule has 0 saturated carbocycles. The van der Waals surface area contributed by atoms with Gasteiger partial charge in [-0.05, 0) is 37.5 Å². The molecule has 2 aromatic rings. The zero-order chi connectivity index (χ0) is 17.9. The Labute approximate surface area is 153 Å². The largest absolute Gasteiger partial charge is 0.478 e. The molecule has 0 aliphatic rings. The molecule has 0 aliphatic carbocycles. The van der Waals surface area contributed by atoms with E-state index in [-0.39, 0.29) is 18.0 Å². The molecule has 0 aromatic carbocycles. The number of carbonyl (C=O) groups is 2. The van der Waals surface area contributed by atoms with Crippen molar-refractivity contribution in [1.29, 1.82) is 0 Å². The van der Waals surface area contributed by atoms with Crippen molar-refractivity contribution >= 4 is 46.4 Å². The summed E-state index contributed by atoms with van der Waals surface area (Å²) in [4.78, 5) is 24.7. The van der Waals surface area contributed by atoms with Crippen molar-refractivity contribution in [2.45, 2.75) is 32.7 Å². The van der Waals surface area contributed by atoms with Crippen LogP contribution < -0.4 is 0 Å². The summed E-state index contributed by atoms with van der Waals surface area (Å²) in [5.41, 5.74) is 1.07. The summed E-state index contributed by atoms with van der Waals surface area (Å²) < 4.78 is 6.68. The van der Waals surface area contributed by atoms with E-state index in [0.717, 1.165) is 5.56 Å². The summed E-state index contributed by atoms with van der Waals surface area (Å²) in [5, 5.41) is 9.01. The summed E-state index contributed by atoms with van der Waals surface area (Å²) in [7, 11) is 1.66. The van der Waals surface area contributed by atoms with Gasteiger partial charge < -0.3 is 14.4 Å². The molecule has 24 heavy (non-hydrogen) atoms. The number of hydrogen-bond acceptors (Lipinski definition) is 4. The third kappa shape index (κ3) is 4.75. The fraction of sp³-hybridized carbons (Fsp3) is 0.375. The van der Waals surface area contributed by atoms with E-state index in [1.807, 2.05) is 6.07 Å². The number of carbonyl (C=O) groups excluding carboxylic acids is 1. The lowest BCUT2D eigenvalue weighted by atomic mass is 10.1. The molecule has 1 amide bonds. The highest BCUT2D eigenvalue weighted by atomic mass is 35.5. The Morgan fingerprint density at radius 3 is 2.58 bits per heavy atom. The van der Waals surface area contributed by atoms with Crippen molar-refractivity contribution in [2.24, 2.45) is 0 Å². The quantitative estimate of drug-likeness (QED) is 0.748. The second kappa shape index (κ2) is 8.05. The number of hydrogen-bond donors (Lipinski definition) is 1. The summed E-state index contributed by atoms with van der Waals surface area (Å²) >= 11 is 13.3. The third-order valence-electron chi connectivity index (χ3n) is 3.58. The number of furan rings is 1. The Balaban J connectivity index is 1.85. The molecular weight excluding hydrogens is 373 g/mol. The average molecular weight is 390 g/mol. The number of carboxylic acid groups (broad SMARTS) is 1. The van der Waals surface area contributed by atoms with E-state index in [4.69, 9.17) is 32.7 Å². The van der Waals surface area contributed by atoms with Crippen LogP contribution in [0, 0.1) is 6.92 Å². The SMILES string of the molecule is Cc1oc(CN(C)C(=O)CCCc2cc(Cl)sc2Cl)cc1C(=O)O. The first kappa shape index (κ1) is 18.8. The second-order valence-electron chi connectivity index (χ2n) is 5.44. The lowest BCUT2D eigenvalue weighted by Crippen LogP contribution is -2.25. The minimum Gasteiger partial charge on any atom is -0.478 e. The van der Waals surface area contributed by atoms with E-state index in [2.05, 4.69) is 0 Å². The maximum atomic E-state index is 12.2. The second-order valence-corrected chi connectivity index (χ2v) is 7.73. The molecule has 0 unspecified atom stereocenters. The Kier molecular flexibility index (Phi) is 6.32. The smallest absolute Gasteiger partial charge is 0.339 e. The molecule has 2 aromatic heterocycles. The van der Waals surface area contributed by atoms with Crippen molar-refractivity contribution in [3.63, 3.8) is 0 Å². The Morgan fingerprint density at radius 1 is 1.33 bits per heavy atom. The average Bonchev–Trinajstić information content (AvgIpc) is 3.01. The van der Waals surface area contributed by atoms with Crippen molar-refractivity contribution in [3.05, 3.63) is 43.5 Å². The summed E-state index contributed by atoms with van der Waals surface area (Å²) in [6.07, 6.45) is 1.71. The monoisotopic (exact) mass is 389 g/mol. The Morgan fingerprint density at radius 2 is 2.04 bits per heavy atom. The standard InChI is InChI=1S/C16H17Cl2NO4S/c1-9-12(16(21)22)7-11(23-9)8-19(2)14(20)5-3-4-10-6-13(17)24-15(10)18/h6-7H,3-5,8H2,1-2H3,(H,21,22). The molecule has 8 heteroatoms. The molecule has 0 atom stereocenters. The van der Waals surface area contributed by atoms with E-state index in [9.17, 15) is 9.59 Å². The number of thiophene rings is 1. The molecule has 0 fully saturated rings. The maximum absolute atomic E-state index is 12.2. The summed E-state index contributed by atoms with van der Waals surface area (Å²) in [6.45, 7) is 1.82.